The number of carbonyl (C=O) groups excluding carboxylic acids is 1. The highest BCUT2D eigenvalue weighted by Crippen LogP contribution is 2.03. The fourth-order valence-electron chi connectivity index (χ4n) is 1.37. The molecule has 0 saturated carbocycles. The summed E-state index contributed by atoms with van der Waals surface area (Å²) in [6.07, 6.45) is 6.66. The van der Waals surface area contributed by atoms with E-state index < -0.39 is 0 Å². The lowest BCUT2D eigenvalue weighted by Crippen LogP contribution is -2.11. The average molecular weight is 227 g/mol. The van der Waals surface area contributed by atoms with Crippen LogP contribution in [0.25, 0.3) is 6.08 Å². The highest BCUT2D eigenvalue weighted by molar-refractivity contribution is 6.00. The smallest absolute Gasteiger partial charge is 0.250 e. The van der Waals surface area contributed by atoms with Crippen LogP contribution in [-0.2, 0) is 11.8 Å². The van der Waals surface area contributed by atoms with Crippen LogP contribution in [0.5, 0.6) is 0 Å². The Hall–Kier alpha value is -2.36. The Morgan fingerprint density at radius 3 is 2.76 bits per heavy atom. The normalized spacial score (nSPS) is 10.6. The first kappa shape index (κ1) is 11.1. The van der Waals surface area contributed by atoms with Crippen molar-refractivity contribution < 1.29 is 4.79 Å². The van der Waals surface area contributed by atoms with Crippen molar-refractivity contribution in [2.75, 3.05) is 5.32 Å². The second-order valence-electron chi connectivity index (χ2n) is 3.60. The number of hydrogen-bond donors (Lipinski definition) is 1. The first-order valence-electron chi connectivity index (χ1n) is 5.27. The van der Waals surface area contributed by atoms with E-state index in [-0.39, 0.29) is 5.91 Å². The van der Waals surface area contributed by atoms with E-state index in [1.54, 1.807) is 23.0 Å². The molecule has 0 spiro atoms. The van der Waals surface area contributed by atoms with E-state index >= 15 is 0 Å². The molecule has 0 aliphatic carbocycles. The van der Waals surface area contributed by atoms with Gasteiger partial charge in [0, 0.05) is 25.5 Å². The Labute approximate surface area is 99.6 Å². The van der Waals surface area contributed by atoms with Crippen molar-refractivity contribution in [1.29, 1.82) is 0 Å². The third-order valence-electron chi connectivity index (χ3n) is 2.28. The number of aromatic nitrogens is 2. The van der Waals surface area contributed by atoms with Crippen molar-refractivity contribution in [2.24, 2.45) is 7.05 Å². The summed E-state index contributed by atoms with van der Waals surface area (Å²) in [6.45, 7) is 0. The van der Waals surface area contributed by atoms with Crippen LogP contribution in [0.15, 0.2) is 48.8 Å². The van der Waals surface area contributed by atoms with E-state index in [0.29, 0.717) is 5.95 Å². The van der Waals surface area contributed by atoms with E-state index in [4.69, 9.17) is 0 Å². The molecular formula is C13H13N3O. The summed E-state index contributed by atoms with van der Waals surface area (Å²) in [4.78, 5) is 15.6. The molecule has 1 heterocycles. The maximum atomic E-state index is 11.6. The van der Waals surface area contributed by atoms with E-state index in [2.05, 4.69) is 10.3 Å². The summed E-state index contributed by atoms with van der Waals surface area (Å²) in [5, 5.41) is 2.69. The van der Waals surface area contributed by atoms with Gasteiger partial charge in [0.25, 0.3) is 5.91 Å². The van der Waals surface area contributed by atoms with Gasteiger partial charge in [-0.2, -0.15) is 0 Å². The molecule has 1 amide bonds. The van der Waals surface area contributed by atoms with Crippen LogP contribution < -0.4 is 5.32 Å². The number of carbonyl (C=O) groups is 1. The summed E-state index contributed by atoms with van der Waals surface area (Å²) in [5.41, 5.74) is 0.988. The van der Waals surface area contributed by atoms with Crippen molar-refractivity contribution in [3.05, 3.63) is 54.4 Å². The lowest BCUT2D eigenvalue weighted by atomic mass is 10.2. The molecule has 0 atom stereocenters. The largest absolute Gasteiger partial charge is 0.320 e. The predicted octanol–water partition coefficient (Wildman–Crippen LogP) is 2.07. The van der Waals surface area contributed by atoms with Crippen molar-refractivity contribution in [3.63, 3.8) is 0 Å². The molecule has 0 aliphatic rings. The molecular weight excluding hydrogens is 214 g/mol. The Bertz CT molecular complexity index is 529. The number of benzene rings is 1. The molecule has 86 valence electrons. The molecule has 17 heavy (non-hydrogen) atoms. The molecule has 0 fully saturated rings. The number of rotatable bonds is 3. The molecule has 0 unspecified atom stereocenters. The first-order chi connectivity index (χ1) is 8.25. The Balaban J connectivity index is 1.99. The third-order valence-corrected chi connectivity index (χ3v) is 2.28. The zero-order valence-electron chi connectivity index (χ0n) is 9.50. The molecule has 2 aromatic rings. The molecule has 0 aliphatic heterocycles. The summed E-state index contributed by atoms with van der Waals surface area (Å²) in [6, 6.07) is 9.66. The van der Waals surface area contributed by atoms with Gasteiger partial charge in [0.1, 0.15) is 0 Å². The minimum Gasteiger partial charge on any atom is -0.320 e. The minimum atomic E-state index is -0.192. The number of amides is 1. The van der Waals surface area contributed by atoms with Gasteiger partial charge in [0.15, 0.2) is 0 Å². The Kier molecular flexibility index (Phi) is 3.35. The molecule has 2 rings (SSSR count). The number of anilines is 1. The topological polar surface area (TPSA) is 46.9 Å². The quantitative estimate of drug-likeness (QED) is 0.816. The van der Waals surface area contributed by atoms with Gasteiger partial charge in [-0.3, -0.25) is 10.1 Å². The van der Waals surface area contributed by atoms with Crippen molar-refractivity contribution in [3.8, 4) is 0 Å². The van der Waals surface area contributed by atoms with Gasteiger partial charge < -0.3 is 4.57 Å². The molecule has 0 bridgehead atoms. The molecule has 4 nitrogen and oxygen atoms in total. The number of imidazole rings is 1. The number of nitrogens with zero attached hydrogens (tertiary/aromatic N) is 2. The summed E-state index contributed by atoms with van der Waals surface area (Å²) >= 11 is 0. The van der Waals surface area contributed by atoms with Gasteiger partial charge >= 0.3 is 0 Å². The number of nitrogens with one attached hydrogen (secondary N) is 1. The van der Waals surface area contributed by atoms with Gasteiger partial charge in [0.05, 0.1) is 0 Å². The van der Waals surface area contributed by atoms with Gasteiger partial charge in [-0.05, 0) is 11.6 Å². The summed E-state index contributed by atoms with van der Waals surface area (Å²) in [5.74, 6) is 0.343. The average Bonchev–Trinajstić information content (AvgIpc) is 2.74. The third kappa shape index (κ3) is 3.04. The van der Waals surface area contributed by atoms with Crippen LogP contribution in [0, 0.1) is 0 Å². The fourth-order valence-corrected chi connectivity index (χ4v) is 1.37. The van der Waals surface area contributed by atoms with Gasteiger partial charge in [-0.15, -0.1) is 0 Å². The molecule has 4 heteroatoms. The first-order valence-corrected chi connectivity index (χ1v) is 5.27. The standard InChI is InChI=1S/C13H13N3O/c1-16-10-9-14-13(16)15-12(17)8-7-11-5-3-2-4-6-11/h2-10H,1H3,(H,14,15,17)/b8-7+. The van der Waals surface area contributed by atoms with E-state index in [1.165, 1.54) is 6.08 Å². The van der Waals surface area contributed by atoms with E-state index in [9.17, 15) is 4.79 Å². The van der Waals surface area contributed by atoms with E-state index in [1.807, 2.05) is 37.4 Å². The van der Waals surface area contributed by atoms with Crippen molar-refractivity contribution >= 4 is 17.9 Å². The molecule has 0 radical (unpaired) electrons. The van der Waals surface area contributed by atoms with Crippen LogP contribution in [0.3, 0.4) is 0 Å². The van der Waals surface area contributed by atoms with Crippen LogP contribution in [0.1, 0.15) is 5.56 Å². The number of aryl methyl sites for hydroxylation is 1. The zero-order valence-corrected chi connectivity index (χ0v) is 9.50. The minimum absolute atomic E-state index is 0.192. The van der Waals surface area contributed by atoms with E-state index in [0.717, 1.165) is 5.56 Å². The molecule has 1 aromatic heterocycles. The predicted molar refractivity (Wildman–Crippen MR) is 67.3 cm³/mol. The second kappa shape index (κ2) is 5.12. The van der Waals surface area contributed by atoms with Crippen LogP contribution in [0.4, 0.5) is 5.95 Å². The van der Waals surface area contributed by atoms with Gasteiger partial charge in [0.2, 0.25) is 5.95 Å². The highest BCUT2D eigenvalue weighted by Gasteiger charge is 2.01. The van der Waals surface area contributed by atoms with Gasteiger partial charge in [-0.25, -0.2) is 4.98 Å². The molecule has 1 aromatic carbocycles. The Morgan fingerprint density at radius 2 is 2.12 bits per heavy atom. The highest BCUT2D eigenvalue weighted by atomic mass is 16.1. The number of hydrogen-bond acceptors (Lipinski definition) is 2. The fraction of sp³-hybridized carbons (Fsp3) is 0.0769. The lowest BCUT2D eigenvalue weighted by Gasteiger charge is -2.00. The van der Waals surface area contributed by atoms with Crippen molar-refractivity contribution in [2.45, 2.75) is 0 Å². The van der Waals surface area contributed by atoms with Crippen molar-refractivity contribution in [1.82, 2.24) is 9.55 Å². The summed E-state index contributed by atoms with van der Waals surface area (Å²) in [7, 11) is 1.82. The zero-order chi connectivity index (χ0) is 12.1. The van der Waals surface area contributed by atoms with Crippen LogP contribution in [0.2, 0.25) is 0 Å². The molecule has 0 saturated heterocycles. The molecule has 1 N–H and O–H groups in total. The SMILES string of the molecule is Cn1ccnc1NC(=O)/C=C/c1ccccc1. The summed E-state index contributed by atoms with van der Waals surface area (Å²) < 4.78 is 1.74. The lowest BCUT2D eigenvalue weighted by molar-refractivity contribution is -0.111. The maximum Gasteiger partial charge on any atom is 0.250 e. The monoisotopic (exact) mass is 227 g/mol. The van der Waals surface area contributed by atoms with Gasteiger partial charge in [-0.1, -0.05) is 30.3 Å². The maximum absolute atomic E-state index is 11.6. The van der Waals surface area contributed by atoms with Crippen LogP contribution >= 0.6 is 0 Å². The van der Waals surface area contributed by atoms with Crippen LogP contribution in [-0.4, -0.2) is 15.5 Å². The second-order valence-corrected chi connectivity index (χ2v) is 3.60. The Morgan fingerprint density at radius 1 is 1.35 bits per heavy atom.